The van der Waals surface area contributed by atoms with E-state index >= 15 is 0 Å². The van der Waals surface area contributed by atoms with Crippen molar-refractivity contribution in [1.82, 2.24) is 0 Å². The number of hydrogen-bond acceptors (Lipinski definition) is 2. The van der Waals surface area contributed by atoms with E-state index in [-0.39, 0.29) is 17.8 Å². The highest BCUT2D eigenvalue weighted by Gasteiger charge is 2.20. The second-order valence-corrected chi connectivity index (χ2v) is 3.74. The van der Waals surface area contributed by atoms with Crippen molar-refractivity contribution in [2.24, 2.45) is 5.41 Å². The minimum atomic E-state index is -0.390. The summed E-state index contributed by atoms with van der Waals surface area (Å²) in [6.07, 6.45) is 2.57. The molecule has 0 aliphatic rings. The van der Waals surface area contributed by atoms with E-state index in [1.54, 1.807) is 6.92 Å². The van der Waals surface area contributed by atoms with Gasteiger partial charge in [-0.25, -0.2) is 0 Å². The largest absolute Gasteiger partial charge is 0.396 e. The summed E-state index contributed by atoms with van der Waals surface area (Å²) in [6, 6.07) is 0. The van der Waals surface area contributed by atoms with Crippen LogP contribution in [0.15, 0.2) is 11.6 Å². The number of carbonyl (C=O) groups excluding carboxylic acids is 1. The first-order valence-electron chi connectivity index (χ1n) is 4.20. The number of aliphatic hydroxyl groups is 1. The molecule has 0 spiro atoms. The molecule has 0 fully saturated rings. The van der Waals surface area contributed by atoms with Crippen molar-refractivity contribution >= 4 is 5.78 Å². The Balaban J connectivity index is 4.39. The number of carbonyl (C=O) groups is 1. The molecule has 12 heavy (non-hydrogen) atoms. The lowest BCUT2D eigenvalue weighted by molar-refractivity contribution is -0.122. The molecule has 0 aliphatic carbocycles. The lowest BCUT2D eigenvalue weighted by Crippen LogP contribution is -2.18. The van der Waals surface area contributed by atoms with Gasteiger partial charge >= 0.3 is 0 Å². The number of hydrogen-bond donors (Lipinski definition) is 1. The zero-order valence-electron chi connectivity index (χ0n) is 8.35. The third-order valence-corrected chi connectivity index (χ3v) is 2.02. The van der Waals surface area contributed by atoms with Crippen LogP contribution >= 0.6 is 0 Å². The lowest BCUT2D eigenvalue weighted by atomic mass is 9.86. The van der Waals surface area contributed by atoms with Crippen molar-refractivity contribution < 1.29 is 9.90 Å². The number of allylic oxidation sites excluding steroid dienone is 1. The minimum absolute atomic E-state index is 0.149. The summed E-state index contributed by atoms with van der Waals surface area (Å²) in [6.45, 7) is 7.44. The van der Waals surface area contributed by atoms with Gasteiger partial charge in [0, 0.05) is 12.0 Å². The predicted molar refractivity (Wildman–Crippen MR) is 49.9 cm³/mol. The van der Waals surface area contributed by atoms with Gasteiger partial charge in [0.25, 0.3) is 0 Å². The first-order chi connectivity index (χ1) is 5.40. The molecular formula is C10H18O2. The normalized spacial score (nSPS) is 13.2. The van der Waals surface area contributed by atoms with Crippen LogP contribution in [0.25, 0.3) is 0 Å². The highest BCUT2D eigenvalue weighted by Crippen LogP contribution is 2.21. The number of rotatable bonds is 4. The van der Waals surface area contributed by atoms with Crippen LogP contribution in [0.2, 0.25) is 0 Å². The van der Waals surface area contributed by atoms with Crippen molar-refractivity contribution in [2.75, 3.05) is 6.61 Å². The van der Waals surface area contributed by atoms with Gasteiger partial charge in [-0.3, -0.25) is 4.79 Å². The average molecular weight is 170 g/mol. The van der Waals surface area contributed by atoms with Crippen LogP contribution in [-0.4, -0.2) is 17.5 Å². The van der Waals surface area contributed by atoms with Gasteiger partial charge in [-0.15, -0.1) is 0 Å². The van der Waals surface area contributed by atoms with Gasteiger partial charge in [0.1, 0.15) is 5.78 Å². The molecule has 0 saturated heterocycles. The summed E-state index contributed by atoms with van der Waals surface area (Å²) in [5.41, 5.74) is 0.678. The van der Waals surface area contributed by atoms with E-state index in [9.17, 15) is 4.79 Å². The first kappa shape index (κ1) is 11.4. The van der Waals surface area contributed by atoms with Gasteiger partial charge < -0.3 is 5.11 Å². The Morgan fingerprint density at radius 1 is 1.42 bits per heavy atom. The molecule has 0 amide bonds. The third-order valence-electron chi connectivity index (χ3n) is 2.02. The fraction of sp³-hybridized carbons (Fsp3) is 0.700. The smallest absolute Gasteiger partial charge is 0.139 e. The van der Waals surface area contributed by atoms with Crippen LogP contribution in [0.1, 0.15) is 34.1 Å². The summed E-state index contributed by atoms with van der Waals surface area (Å²) >= 11 is 0. The maximum absolute atomic E-state index is 11.1. The zero-order chi connectivity index (χ0) is 9.78. The molecule has 0 aliphatic heterocycles. The second kappa shape index (κ2) is 4.41. The van der Waals surface area contributed by atoms with Gasteiger partial charge in [0.05, 0.1) is 0 Å². The van der Waals surface area contributed by atoms with Crippen LogP contribution in [0.4, 0.5) is 0 Å². The molecule has 0 bridgehead atoms. The molecular weight excluding hydrogens is 152 g/mol. The van der Waals surface area contributed by atoms with E-state index < -0.39 is 0 Å². The van der Waals surface area contributed by atoms with Crippen LogP contribution in [0.5, 0.6) is 0 Å². The number of ketones is 1. The Morgan fingerprint density at radius 2 is 1.92 bits per heavy atom. The molecule has 0 aromatic carbocycles. The average Bonchev–Trinajstić information content (AvgIpc) is 1.85. The lowest BCUT2D eigenvalue weighted by Gasteiger charge is -2.17. The van der Waals surface area contributed by atoms with Crippen molar-refractivity contribution in [3.05, 3.63) is 11.6 Å². The third kappa shape index (κ3) is 3.67. The maximum Gasteiger partial charge on any atom is 0.139 e. The Morgan fingerprint density at radius 3 is 2.25 bits per heavy atom. The fourth-order valence-electron chi connectivity index (χ4n) is 0.966. The van der Waals surface area contributed by atoms with Crippen molar-refractivity contribution in [1.29, 1.82) is 0 Å². The number of Topliss-reactive ketones (excluding diaryl/α,β-unsaturated/α-hetero) is 1. The standard InChI is InChI=1S/C10H18O2/c1-8(5-6-11)7-10(3,4)9(2)12/h7,11H,5-6H2,1-4H3/b8-7+. The molecule has 0 heterocycles. The molecule has 2 heteroatoms. The molecule has 2 nitrogen and oxygen atoms in total. The molecule has 1 N–H and O–H groups in total. The highest BCUT2D eigenvalue weighted by molar-refractivity contribution is 5.83. The van der Waals surface area contributed by atoms with Crippen LogP contribution < -0.4 is 0 Å². The highest BCUT2D eigenvalue weighted by atomic mass is 16.2. The van der Waals surface area contributed by atoms with E-state index in [1.807, 2.05) is 26.8 Å². The van der Waals surface area contributed by atoms with Crippen LogP contribution in [-0.2, 0) is 4.79 Å². The van der Waals surface area contributed by atoms with Gasteiger partial charge in [-0.1, -0.05) is 11.6 Å². The summed E-state index contributed by atoms with van der Waals surface area (Å²) in [4.78, 5) is 11.1. The number of aliphatic hydroxyl groups excluding tert-OH is 1. The second-order valence-electron chi connectivity index (χ2n) is 3.74. The predicted octanol–water partition coefficient (Wildman–Crippen LogP) is 1.93. The van der Waals surface area contributed by atoms with Crippen molar-refractivity contribution in [3.8, 4) is 0 Å². The molecule has 0 aromatic heterocycles. The summed E-state index contributed by atoms with van der Waals surface area (Å²) in [7, 11) is 0. The van der Waals surface area contributed by atoms with E-state index in [2.05, 4.69) is 0 Å². The molecule has 0 atom stereocenters. The maximum atomic E-state index is 11.1. The van der Waals surface area contributed by atoms with Gasteiger partial charge in [0.2, 0.25) is 0 Å². The summed E-state index contributed by atoms with van der Waals surface area (Å²) in [5.74, 6) is 0.153. The van der Waals surface area contributed by atoms with E-state index in [1.165, 1.54) is 0 Å². The van der Waals surface area contributed by atoms with Gasteiger partial charge in [0.15, 0.2) is 0 Å². The first-order valence-corrected chi connectivity index (χ1v) is 4.20. The van der Waals surface area contributed by atoms with E-state index in [4.69, 9.17) is 5.11 Å². The molecule has 70 valence electrons. The molecule has 0 rings (SSSR count). The van der Waals surface area contributed by atoms with Crippen molar-refractivity contribution in [3.63, 3.8) is 0 Å². The Hall–Kier alpha value is -0.630. The quantitative estimate of drug-likeness (QED) is 0.654. The Labute approximate surface area is 74.3 Å². The fourth-order valence-corrected chi connectivity index (χ4v) is 0.966. The molecule has 0 unspecified atom stereocenters. The molecule has 0 radical (unpaired) electrons. The van der Waals surface area contributed by atoms with Crippen molar-refractivity contribution in [2.45, 2.75) is 34.1 Å². The Bertz CT molecular complexity index is 190. The van der Waals surface area contributed by atoms with Gasteiger partial charge in [-0.05, 0) is 34.1 Å². The molecule has 0 aromatic rings. The Kier molecular flexibility index (Phi) is 4.18. The van der Waals surface area contributed by atoms with Gasteiger partial charge in [-0.2, -0.15) is 0 Å². The summed E-state index contributed by atoms with van der Waals surface area (Å²) in [5, 5.41) is 8.65. The zero-order valence-corrected chi connectivity index (χ0v) is 8.35. The van der Waals surface area contributed by atoms with E-state index in [0.29, 0.717) is 6.42 Å². The topological polar surface area (TPSA) is 37.3 Å². The minimum Gasteiger partial charge on any atom is -0.396 e. The van der Waals surface area contributed by atoms with Crippen LogP contribution in [0, 0.1) is 5.41 Å². The summed E-state index contributed by atoms with van der Waals surface area (Å²) < 4.78 is 0. The SMILES string of the molecule is CC(=O)C(C)(C)/C=C(\C)CCO. The monoisotopic (exact) mass is 170 g/mol. The van der Waals surface area contributed by atoms with E-state index in [0.717, 1.165) is 5.57 Å². The molecule has 0 saturated carbocycles. The van der Waals surface area contributed by atoms with Crippen LogP contribution in [0.3, 0.4) is 0 Å².